The van der Waals surface area contributed by atoms with Gasteiger partial charge in [-0.1, -0.05) is 30.3 Å². The van der Waals surface area contributed by atoms with Gasteiger partial charge in [-0.15, -0.1) is 0 Å². The second kappa shape index (κ2) is 7.59. The van der Waals surface area contributed by atoms with Crippen LogP contribution in [0.2, 0.25) is 0 Å². The van der Waals surface area contributed by atoms with E-state index in [-0.39, 0.29) is 11.5 Å². The van der Waals surface area contributed by atoms with Gasteiger partial charge in [-0.05, 0) is 79.4 Å². The average molecular weight is 400 g/mol. The zero-order chi connectivity index (χ0) is 21.4. The number of carbonyl (C=O) groups is 2. The van der Waals surface area contributed by atoms with Crippen molar-refractivity contribution in [2.24, 2.45) is 0 Å². The quantitative estimate of drug-likeness (QED) is 0.617. The second-order valence-electron chi connectivity index (χ2n) is 7.47. The third-order valence-corrected chi connectivity index (χ3v) is 5.25. The van der Waals surface area contributed by atoms with Gasteiger partial charge in [0.25, 0.3) is 11.8 Å². The van der Waals surface area contributed by atoms with E-state index in [9.17, 15) is 14.0 Å². The fourth-order valence-electron chi connectivity index (χ4n) is 3.49. The SMILES string of the molecule is Cc1cccc(N2C(=O)C(Nc3ccc(F)cc3)=C(c3ccc(C)c(C)c3)C2=O)c1. The van der Waals surface area contributed by atoms with Gasteiger partial charge in [0.15, 0.2) is 0 Å². The summed E-state index contributed by atoms with van der Waals surface area (Å²) in [6.45, 7) is 5.86. The number of anilines is 2. The summed E-state index contributed by atoms with van der Waals surface area (Å²) in [5.74, 6) is -1.21. The van der Waals surface area contributed by atoms with Crippen LogP contribution in [0.1, 0.15) is 22.3 Å². The van der Waals surface area contributed by atoms with Gasteiger partial charge in [-0.2, -0.15) is 0 Å². The van der Waals surface area contributed by atoms with Crippen LogP contribution in [-0.2, 0) is 9.59 Å². The number of rotatable bonds is 4. The van der Waals surface area contributed by atoms with E-state index in [1.807, 2.05) is 51.1 Å². The molecule has 30 heavy (non-hydrogen) atoms. The van der Waals surface area contributed by atoms with E-state index in [2.05, 4.69) is 5.32 Å². The van der Waals surface area contributed by atoms with Crippen LogP contribution in [-0.4, -0.2) is 11.8 Å². The minimum absolute atomic E-state index is 0.177. The molecule has 2 amide bonds. The number of amides is 2. The average Bonchev–Trinajstić information content (AvgIpc) is 2.95. The Morgan fingerprint density at radius 1 is 0.800 bits per heavy atom. The van der Waals surface area contributed by atoms with Crippen LogP contribution < -0.4 is 10.2 Å². The number of nitrogens with one attached hydrogen (secondary N) is 1. The Kier molecular flexibility index (Phi) is 4.96. The molecular formula is C25H21FN2O2. The Morgan fingerprint density at radius 3 is 2.20 bits per heavy atom. The molecule has 0 aromatic heterocycles. The fourth-order valence-corrected chi connectivity index (χ4v) is 3.49. The predicted octanol–water partition coefficient (Wildman–Crippen LogP) is 5.15. The molecule has 3 aromatic rings. The van der Waals surface area contributed by atoms with Gasteiger partial charge in [-0.3, -0.25) is 9.59 Å². The second-order valence-corrected chi connectivity index (χ2v) is 7.47. The van der Waals surface area contributed by atoms with E-state index >= 15 is 0 Å². The number of nitrogens with zero attached hydrogens (tertiary/aromatic N) is 1. The van der Waals surface area contributed by atoms with Crippen molar-refractivity contribution in [1.82, 2.24) is 0 Å². The lowest BCUT2D eigenvalue weighted by atomic mass is 9.99. The predicted molar refractivity (Wildman–Crippen MR) is 117 cm³/mol. The Hall–Kier alpha value is -3.73. The summed E-state index contributed by atoms with van der Waals surface area (Å²) in [4.78, 5) is 28.0. The zero-order valence-electron chi connectivity index (χ0n) is 17.0. The highest BCUT2D eigenvalue weighted by atomic mass is 19.1. The summed E-state index contributed by atoms with van der Waals surface area (Å²) < 4.78 is 13.3. The number of benzene rings is 3. The van der Waals surface area contributed by atoms with Crippen molar-refractivity contribution in [3.63, 3.8) is 0 Å². The number of imide groups is 1. The van der Waals surface area contributed by atoms with E-state index in [1.165, 1.54) is 29.2 Å². The number of hydrogen-bond acceptors (Lipinski definition) is 3. The summed E-state index contributed by atoms with van der Waals surface area (Å²) in [6, 6.07) is 18.6. The van der Waals surface area contributed by atoms with Crippen LogP contribution in [0.15, 0.2) is 72.4 Å². The third kappa shape index (κ3) is 3.50. The van der Waals surface area contributed by atoms with Crippen LogP contribution >= 0.6 is 0 Å². The summed E-state index contributed by atoms with van der Waals surface area (Å²) >= 11 is 0. The van der Waals surface area contributed by atoms with E-state index < -0.39 is 11.8 Å². The Labute approximate surface area is 174 Å². The molecule has 4 rings (SSSR count). The van der Waals surface area contributed by atoms with Gasteiger partial charge >= 0.3 is 0 Å². The maximum absolute atomic E-state index is 13.4. The van der Waals surface area contributed by atoms with Gasteiger partial charge in [0.1, 0.15) is 11.5 Å². The van der Waals surface area contributed by atoms with Crippen molar-refractivity contribution in [1.29, 1.82) is 0 Å². The Morgan fingerprint density at radius 2 is 1.53 bits per heavy atom. The number of halogens is 1. The standard InChI is InChI=1S/C25H21FN2O2/c1-15-5-4-6-21(13-15)28-24(29)22(18-8-7-16(2)17(3)14-18)23(25(28)30)27-20-11-9-19(26)10-12-20/h4-14,27H,1-3H3. The first kappa shape index (κ1) is 19.6. The summed E-state index contributed by atoms with van der Waals surface area (Å²) in [6.07, 6.45) is 0. The highest BCUT2D eigenvalue weighted by Crippen LogP contribution is 2.34. The van der Waals surface area contributed by atoms with Crippen LogP contribution in [0.4, 0.5) is 15.8 Å². The molecule has 0 atom stereocenters. The molecule has 1 aliphatic rings. The molecule has 4 nitrogen and oxygen atoms in total. The Bertz CT molecular complexity index is 1200. The maximum atomic E-state index is 13.4. The minimum Gasteiger partial charge on any atom is -0.350 e. The molecule has 1 heterocycles. The molecule has 1 N–H and O–H groups in total. The lowest BCUT2D eigenvalue weighted by Crippen LogP contribution is -2.32. The molecule has 0 unspecified atom stereocenters. The van der Waals surface area contributed by atoms with Crippen LogP contribution in [0, 0.1) is 26.6 Å². The Balaban J connectivity index is 1.84. The molecule has 0 fully saturated rings. The molecule has 0 aliphatic carbocycles. The van der Waals surface area contributed by atoms with Gasteiger partial charge in [-0.25, -0.2) is 9.29 Å². The number of aryl methyl sites for hydroxylation is 3. The third-order valence-electron chi connectivity index (χ3n) is 5.25. The monoisotopic (exact) mass is 400 g/mol. The smallest absolute Gasteiger partial charge is 0.282 e. The van der Waals surface area contributed by atoms with Crippen molar-refractivity contribution in [2.75, 3.05) is 10.2 Å². The summed E-state index contributed by atoms with van der Waals surface area (Å²) in [7, 11) is 0. The normalized spacial score (nSPS) is 13.9. The maximum Gasteiger partial charge on any atom is 0.282 e. The topological polar surface area (TPSA) is 49.4 Å². The summed E-state index contributed by atoms with van der Waals surface area (Å²) in [5.41, 5.74) is 5.25. The van der Waals surface area contributed by atoms with Gasteiger partial charge in [0.05, 0.1) is 11.3 Å². The van der Waals surface area contributed by atoms with E-state index in [1.54, 1.807) is 12.1 Å². The van der Waals surface area contributed by atoms with Crippen LogP contribution in [0.25, 0.3) is 5.57 Å². The van der Waals surface area contributed by atoms with Crippen molar-refractivity contribution in [3.8, 4) is 0 Å². The van der Waals surface area contributed by atoms with E-state index in [4.69, 9.17) is 0 Å². The van der Waals surface area contributed by atoms with E-state index in [0.717, 1.165) is 16.7 Å². The molecule has 0 saturated heterocycles. The molecule has 0 spiro atoms. The van der Waals surface area contributed by atoms with Crippen LogP contribution in [0.5, 0.6) is 0 Å². The van der Waals surface area contributed by atoms with Gasteiger partial charge in [0.2, 0.25) is 0 Å². The largest absolute Gasteiger partial charge is 0.350 e. The number of carbonyl (C=O) groups excluding carboxylic acids is 2. The van der Waals surface area contributed by atoms with Crippen molar-refractivity contribution in [3.05, 3.63) is 100 Å². The molecule has 0 radical (unpaired) electrons. The molecular weight excluding hydrogens is 379 g/mol. The molecule has 150 valence electrons. The van der Waals surface area contributed by atoms with Crippen molar-refractivity contribution >= 4 is 28.8 Å². The number of hydrogen-bond donors (Lipinski definition) is 1. The molecule has 0 saturated carbocycles. The lowest BCUT2D eigenvalue weighted by Gasteiger charge is -2.16. The highest BCUT2D eigenvalue weighted by Gasteiger charge is 2.40. The molecule has 0 bridgehead atoms. The first-order valence-electron chi connectivity index (χ1n) is 9.65. The zero-order valence-corrected chi connectivity index (χ0v) is 17.0. The van der Waals surface area contributed by atoms with Gasteiger partial charge in [0, 0.05) is 5.69 Å². The first-order chi connectivity index (χ1) is 14.3. The highest BCUT2D eigenvalue weighted by molar-refractivity contribution is 6.46. The van der Waals surface area contributed by atoms with Gasteiger partial charge < -0.3 is 5.32 Å². The van der Waals surface area contributed by atoms with Crippen LogP contribution in [0.3, 0.4) is 0 Å². The van der Waals surface area contributed by atoms with Crippen molar-refractivity contribution in [2.45, 2.75) is 20.8 Å². The molecule has 5 heteroatoms. The minimum atomic E-state index is -0.442. The van der Waals surface area contributed by atoms with Crippen molar-refractivity contribution < 1.29 is 14.0 Å². The van der Waals surface area contributed by atoms with E-state index in [0.29, 0.717) is 22.5 Å². The molecule has 3 aromatic carbocycles. The summed E-state index contributed by atoms with van der Waals surface area (Å²) in [5, 5.41) is 3.05. The lowest BCUT2D eigenvalue weighted by molar-refractivity contribution is -0.120. The molecule has 1 aliphatic heterocycles. The first-order valence-corrected chi connectivity index (χ1v) is 9.65. The fraction of sp³-hybridized carbons (Fsp3) is 0.120.